The molecule has 1 heterocycles. The smallest absolute Gasteiger partial charge is 0.244 e. The molecule has 0 radical (unpaired) electrons. The van der Waals surface area contributed by atoms with E-state index in [0.29, 0.717) is 5.76 Å². The van der Waals surface area contributed by atoms with Gasteiger partial charge in [0.2, 0.25) is 10.0 Å². The van der Waals surface area contributed by atoms with E-state index in [1.165, 1.54) is 12.5 Å². The molecule has 1 N–H and O–H groups in total. The number of nitrogens with one attached hydrogen (secondary N) is 1. The lowest BCUT2D eigenvalue weighted by atomic mass is 10.5. The van der Waals surface area contributed by atoms with Crippen LogP contribution in [-0.4, -0.2) is 20.9 Å². The molecule has 1 aromatic rings. The van der Waals surface area contributed by atoms with Gasteiger partial charge < -0.3 is 4.42 Å². The molecule has 0 aromatic carbocycles. The minimum absolute atomic E-state index is 0.492. The van der Waals surface area contributed by atoms with Crippen LogP contribution in [0, 0.1) is 0 Å². The molecule has 0 saturated heterocycles. The van der Waals surface area contributed by atoms with Gasteiger partial charge in [0.05, 0.1) is 18.7 Å². The van der Waals surface area contributed by atoms with E-state index in [4.69, 9.17) is 4.42 Å². The highest BCUT2D eigenvalue weighted by Crippen LogP contribution is 1.94. The van der Waals surface area contributed by atoms with Gasteiger partial charge in [0.25, 0.3) is 0 Å². The van der Waals surface area contributed by atoms with E-state index in [1.807, 2.05) is 4.83 Å². The fourth-order valence-corrected chi connectivity index (χ4v) is 0.795. The van der Waals surface area contributed by atoms with Crippen LogP contribution in [0.15, 0.2) is 27.9 Å². The molecule has 0 spiro atoms. The van der Waals surface area contributed by atoms with Crippen LogP contribution in [0.1, 0.15) is 5.76 Å². The van der Waals surface area contributed by atoms with Gasteiger partial charge in [-0.3, -0.25) is 0 Å². The third-order valence-corrected chi connectivity index (χ3v) is 1.39. The molecule has 0 amide bonds. The van der Waals surface area contributed by atoms with E-state index in [0.717, 1.165) is 6.26 Å². The number of hydrogen-bond donors (Lipinski definition) is 1. The molecule has 12 heavy (non-hydrogen) atoms. The van der Waals surface area contributed by atoms with Crippen molar-refractivity contribution in [3.63, 3.8) is 0 Å². The minimum atomic E-state index is -3.27. The van der Waals surface area contributed by atoms with Crippen LogP contribution in [0.3, 0.4) is 0 Å². The zero-order valence-electron chi connectivity index (χ0n) is 6.39. The lowest BCUT2D eigenvalue weighted by Crippen LogP contribution is -2.15. The maximum Gasteiger partial charge on any atom is 0.244 e. The Morgan fingerprint density at radius 1 is 1.67 bits per heavy atom. The van der Waals surface area contributed by atoms with Crippen molar-refractivity contribution in [1.29, 1.82) is 0 Å². The Hall–Kier alpha value is -1.30. The Balaban J connectivity index is 2.54. The largest absolute Gasteiger partial charge is 0.463 e. The zero-order valence-corrected chi connectivity index (χ0v) is 7.21. The summed E-state index contributed by atoms with van der Waals surface area (Å²) in [4.78, 5) is 1.94. The molecule has 66 valence electrons. The third kappa shape index (κ3) is 3.20. The third-order valence-electron chi connectivity index (χ3n) is 0.954. The predicted octanol–water partition coefficient (Wildman–Crippen LogP) is 0.163. The van der Waals surface area contributed by atoms with Gasteiger partial charge in [-0.25, -0.2) is 13.2 Å². The van der Waals surface area contributed by atoms with Crippen LogP contribution in [0.4, 0.5) is 0 Å². The number of rotatable bonds is 3. The van der Waals surface area contributed by atoms with E-state index >= 15 is 0 Å². The van der Waals surface area contributed by atoms with Crippen molar-refractivity contribution >= 4 is 16.2 Å². The fraction of sp³-hybridized carbons (Fsp3) is 0.167. The molecular weight excluding hydrogens is 180 g/mol. The van der Waals surface area contributed by atoms with E-state index in [-0.39, 0.29) is 0 Å². The monoisotopic (exact) mass is 188 g/mol. The van der Waals surface area contributed by atoms with Crippen molar-refractivity contribution in [3.8, 4) is 0 Å². The van der Waals surface area contributed by atoms with Gasteiger partial charge in [0.1, 0.15) is 5.76 Å². The number of hydrogen-bond acceptors (Lipinski definition) is 4. The SMILES string of the molecule is CS(=O)(=O)N/N=C/c1ccco1. The van der Waals surface area contributed by atoms with E-state index in [2.05, 4.69) is 5.10 Å². The standard InChI is InChI=1S/C6H8N2O3S/c1-12(9,10)8-7-5-6-3-2-4-11-6/h2-5,8H,1H3/b7-5+. The molecule has 5 nitrogen and oxygen atoms in total. The maximum atomic E-state index is 10.5. The van der Waals surface area contributed by atoms with Crippen LogP contribution in [0.2, 0.25) is 0 Å². The number of furan rings is 1. The van der Waals surface area contributed by atoms with Gasteiger partial charge in [-0.2, -0.15) is 5.10 Å². The van der Waals surface area contributed by atoms with Crippen LogP contribution >= 0.6 is 0 Å². The minimum Gasteiger partial charge on any atom is -0.463 e. The average molecular weight is 188 g/mol. The first-order valence-electron chi connectivity index (χ1n) is 3.11. The summed E-state index contributed by atoms with van der Waals surface area (Å²) < 4.78 is 25.9. The van der Waals surface area contributed by atoms with Crippen molar-refractivity contribution in [2.75, 3.05) is 6.26 Å². The summed E-state index contributed by atoms with van der Waals surface area (Å²) >= 11 is 0. The van der Waals surface area contributed by atoms with Crippen LogP contribution < -0.4 is 4.83 Å². The van der Waals surface area contributed by atoms with Crippen molar-refractivity contribution < 1.29 is 12.8 Å². The summed E-state index contributed by atoms with van der Waals surface area (Å²) in [6, 6.07) is 3.34. The molecule has 6 heteroatoms. The molecular formula is C6H8N2O3S. The molecule has 0 bridgehead atoms. The van der Waals surface area contributed by atoms with Crippen LogP contribution in [-0.2, 0) is 10.0 Å². The van der Waals surface area contributed by atoms with E-state index in [1.54, 1.807) is 12.1 Å². The van der Waals surface area contributed by atoms with Crippen LogP contribution in [0.25, 0.3) is 0 Å². The predicted molar refractivity (Wildman–Crippen MR) is 44.3 cm³/mol. The molecule has 0 aliphatic carbocycles. The van der Waals surface area contributed by atoms with Gasteiger partial charge in [0.15, 0.2) is 0 Å². The Kier molecular flexibility index (Phi) is 2.49. The highest BCUT2D eigenvalue weighted by molar-refractivity contribution is 7.88. The normalized spacial score (nSPS) is 12.1. The number of nitrogens with zero attached hydrogens (tertiary/aromatic N) is 1. The Bertz CT molecular complexity index is 352. The van der Waals surface area contributed by atoms with E-state index < -0.39 is 10.0 Å². The first kappa shape index (κ1) is 8.79. The Morgan fingerprint density at radius 3 is 2.92 bits per heavy atom. The number of sulfonamides is 1. The molecule has 0 unspecified atom stereocenters. The van der Waals surface area contributed by atoms with Crippen LogP contribution in [0.5, 0.6) is 0 Å². The van der Waals surface area contributed by atoms with Gasteiger partial charge in [0, 0.05) is 0 Å². The lowest BCUT2D eigenvalue weighted by molar-refractivity contribution is 0.559. The van der Waals surface area contributed by atoms with E-state index in [9.17, 15) is 8.42 Å². The van der Waals surface area contributed by atoms with Crippen molar-refractivity contribution in [2.45, 2.75) is 0 Å². The summed E-state index contributed by atoms with van der Waals surface area (Å²) in [7, 11) is -3.27. The highest BCUT2D eigenvalue weighted by Gasteiger charge is 1.94. The first-order valence-corrected chi connectivity index (χ1v) is 5.00. The summed E-state index contributed by atoms with van der Waals surface area (Å²) in [5.74, 6) is 0.492. The van der Waals surface area contributed by atoms with Gasteiger partial charge >= 0.3 is 0 Å². The molecule has 0 aliphatic heterocycles. The molecule has 0 fully saturated rings. The molecule has 1 aromatic heterocycles. The maximum absolute atomic E-state index is 10.5. The first-order chi connectivity index (χ1) is 5.58. The average Bonchev–Trinajstić information content (AvgIpc) is 2.36. The number of hydrazone groups is 1. The summed E-state index contributed by atoms with van der Waals surface area (Å²) in [5, 5.41) is 3.43. The highest BCUT2D eigenvalue weighted by atomic mass is 32.2. The second-order valence-electron chi connectivity index (χ2n) is 2.14. The zero-order chi connectivity index (χ0) is 9.03. The molecule has 0 atom stereocenters. The summed E-state index contributed by atoms with van der Waals surface area (Å²) in [6.07, 6.45) is 3.77. The quantitative estimate of drug-likeness (QED) is 0.542. The molecule has 0 saturated carbocycles. The van der Waals surface area contributed by atoms with Crippen molar-refractivity contribution in [1.82, 2.24) is 4.83 Å². The summed E-state index contributed by atoms with van der Waals surface area (Å²) in [6.45, 7) is 0. The second-order valence-corrected chi connectivity index (χ2v) is 3.86. The van der Waals surface area contributed by atoms with Gasteiger partial charge in [-0.1, -0.05) is 0 Å². The van der Waals surface area contributed by atoms with Crippen molar-refractivity contribution in [2.24, 2.45) is 5.10 Å². The molecule has 1 rings (SSSR count). The van der Waals surface area contributed by atoms with Gasteiger partial charge in [-0.05, 0) is 12.1 Å². The van der Waals surface area contributed by atoms with Crippen molar-refractivity contribution in [3.05, 3.63) is 24.2 Å². The summed E-state index contributed by atoms with van der Waals surface area (Å²) in [5.41, 5.74) is 0. The molecule has 0 aliphatic rings. The topological polar surface area (TPSA) is 71.7 Å². The van der Waals surface area contributed by atoms with Gasteiger partial charge in [-0.15, -0.1) is 0 Å². The Morgan fingerprint density at radius 2 is 2.42 bits per heavy atom. The second kappa shape index (κ2) is 3.40. The fourth-order valence-electron chi connectivity index (χ4n) is 0.550. The lowest BCUT2D eigenvalue weighted by Gasteiger charge is -1.91. The Labute approximate surface area is 70.1 Å².